The van der Waals surface area contributed by atoms with Crippen molar-refractivity contribution in [2.45, 2.75) is 19.8 Å². The van der Waals surface area contributed by atoms with Crippen molar-refractivity contribution in [2.75, 3.05) is 11.9 Å². The molecule has 0 saturated carbocycles. The highest BCUT2D eigenvalue weighted by Crippen LogP contribution is 2.28. The molecule has 2 heterocycles. The van der Waals surface area contributed by atoms with Crippen LogP contribution in [0.1, 0.15) is 18.3 Å². The number of hydrogen-bond donors (Lipinski definition) is 1. The topological polar surface area (TPSA) is 29.9 Å². The molecule has 3 heteroatoms. The van der Waals surface area contributed by atoms with Gasteiger partial charge in [-0.2, -0.15) is 0 Å². The summed E-state index contributed by atoms with van der Waals surface area (Å²) in [6, 6.07) is 4.45. The van der Waals surface area contributed by atoms with Crippen molar-refractivity contribution < 1.29 is 0 Å². The van der Waals surface area contributed by atoms with Crippen molar-refractivity contribution in [1.29, 1.82) is 0 Å². The second-order valence-corrected chi connectivity index (χ2v) is 4.12. The van der Waals surface area contributed by atoms with E-state index >= 15 is 0 Å². The Labute approximate surface area is 89.1 Å². The molecule has 1 N–H and O–H groups in total. The molecule has 0 bridgehead atoms. The van der Waals surface area contributed by atoms with Gasteiger partial charge in [0.2, 0.25) is 0 Å². The largest absolute Gasteiger partial charge is 0.384 e. The summed E-state index contributed by atoms with van der Waals surface area (Å²) in [5, 5.41) is 3.39. The minimum atomic E-state index is 0.989. The zero-order valence-corrected chi connectivity index (χ0v) is 9.17. The molecule has 0 amide bonds. The lowest BCUT2D eigenvalue weighted by Crippen LogP contribution is -1.95. The van der Waals surface area contributed by atoms with E-state index in [0.29, 0.717) is 0 Å². The van der Waals surface area contributed by atoms with E-state index in [0.717, 1.165) is 30.7 Å². The number of aryl methyl sites for hydroxylation is 2. The normalized spacial score (nSPS) is 14.3. The summed E-state index contributed by atoms with van der Waals surface area (Å²) in [6.07, 6.45) is 2.13. The van der Waals surface area contributed by atoms with Gasteiger partial charge in [-0.3, -0.25) is 0 Å². The lowest BCUT2D eigenvalue weighted by molar-refractivity contribution is 0.828. The van der Waals surface area contributed by atoms with E-state index in [4.69, 9.17) is 0 Å². The van der Waals surface area contributed by atoms with E-state index in [2.05, 4.69) is 41.0 Å². The third-order valence-corrected chi connectivity index (χ3v) is 3.22. The molecular weight excluding hydrogens is 186 g/mol. The molecule has 0 atom stereocenters. The maximum absolute atomic E-state index is 4.63. The summed E-state index contributed by atoms with van der Waals surface area (Å²) >= 11 is 0. The molecular formula is C12H15N3. The molecule has 1 aromatic heterocycles. The Morgan fingerprint density at radius 1 is 1.47 bits per heavy atom. The van der Waals surface area contributed by atoms with Gasteiger partial charge in [0.15, 0.2) is 0 Å². The first-order valence-electron chi connectivity index (χ1n) is 5.51. The smallest absolute Gasteiger partial charge is 0.109 e. The van der Waals surface area contributed by atoms with Crippen LogP contribution in [0.15, 0.2) is 12.1 Å². The molecule has 0 radical (unpaired) electrons. The lowest BCUT2D eigenvalue weighted by atomic mass is 10.1. The van der Waals surface area contributed by atoms with Crippen molar-refractivity contribution in [2.24, 2.45) is 7.05 Å². The Morgan fingerprint density at radius 2 is 2.33 bits per heavy atom. The van der Waals surface area contributed by atoms with Gasteiger partial charge in [0.1, 0.15) is 5.82 Å². The predicted octanol–water partition coefficient (Wildman–Crippen LogP) is 2.10. The average molecular weight is 201 g/mol. The summed E-state index contributed by atoms with van der Waals surface area (Å²) in [4.78, 5) is 4.63. The number of benzene rings is 1. The van der Waals surface area contributed by atoms with Crippen LogP contribution in [0.5, 0.6) is 0 Å². The quantitative estimate of drug-likeness (QED) is 0.765. The van der Waals surface area contributed by atoms with Crippen molar-refractivity contribution >= 4 is 16.7 Å². The molecule has 3 rings (SSSR count). The monoisotopic (exact) mass is 201 g/mol. The van der Waals surface area contributed by atoms with Gasteiger partial charge in [-0.25, -0.2) is 4.98 Å². The van der Waals surface area contributed by atoms with Crippen LogP contribution in [0.3, 0.4) is 0 Å². The fourth-order valence-corrected chi connectivity index (χ4v) is 2.35. The van der Waals surface area contributed by atoms with Gasteiger partial charge in [-0.15, -0.1) is 0 Å². The van der Waals surface area contributed by atoms with Gasteiger partial charge in [-0.1, -0.05) is 6.92 Å². The molecule has 3 nitrogen and oxygen atoms in total. The maximum atomic E-state index is 4.63. The number of imidazole rings is 1. The van der Waals surface area contributed by atoms with Crippen LogP contribution in [0.25, 0.3) is 11.0 Å². The fraction of sp³-hybridized carbons (Fsp3) is 0.417. The van der Waals surface area contributed by atoms with Gasteiger partial charge >= 0.3 is 0 Å². The Bertz CT molecular complexity index is 525. The van der Waals surface area contributed by atoms with E-state index in [-0.39, 0.29) is 0 Å². The minimum absolute atomic E-state index is 0.989. The SMILES string of the molecule is CCc1nc2cc3c(cc2n1C)CCN3. The van der Waals surface area contributed by atoms with Crippen LogP contribution >= 0.6 is 0 Å². The number of fused-ring (bicyclic) bond motifs is 2. The lowest BCUT2D eigenvalue weighted by Gasteiger charge is -2.01. The highest BCUT2D eigenvalue weighted by molar-refractivity contribution is 5.83. The summed E-state index contributed by atoms with van der Waals surface area (Å²) in [6.45, 7) is 3.21. The summed E-state index contributed by atoms with van der Waals surface area (Å²) in [5.41, 5.74) is 5.06. The van der Waals surface area contributed by atoms with Crippen molar-refractivity contribution in [1.82, 2.24) is 9.55 Å². The van der Waals surface area contributed by atoms with Crippen molar-refractivity contribution in [3.8, 4) is 0 Å². The average Bonchev–Trinajstić information content (AvgIpc) is 2.80. The summed E-state index contributed by atoms with van der Waals surface area (Å²) in [7, 11) is 2.10. The van der Waals surface area contributed by atoms with E-state index in [1.165, 1.54) is 16.8 Å². The molecule has 0 unspecified atom stereocenters. The van der Waals surface area contributed by atoms with E-state index in [1.54, 1.807) is 0 Å². The Morgan fingerprint density at radius 3 is 3.13 bits per heavy atom. The molecule has 0 fully saturated rings. The highest BCUT2D eigenvalue weighted by Gasteiger charge is 2.14. The van der Waals surface area contributed by atoms with Crippen LogP contribution in [-0.2, 0) is 19.9 Å². The van der Waals surface area contributed by atoms with Crippen LogP contribution in [-0.4, -0.2) is 16.1 Å². The molecule has 15 heavy (non-hydrogen) atoms. The van der Waals surface area contributed by atoms with E-state index in [9.17, 15) is 0 Å². The number of hydrogen-bond acceptors (Lipinski definition) is 2. The van der Waals surface area contributed by atoms with E-state index in [1.807, 2.05) is 0 Å². The summed E-state index contributed by atoms with van der Waals surface area (Å²) in [5.74, 6) is 1.16. The van der Waals surface area contributed by atoms with Gasteiger partial charge in [0, 0.05) is 25.7 Å². The molecule has 78 valence electrons. The van der Waals surface area contributed by atoms with Gasteiger partial charge in [0.25, 0.3) is 0 Å². The minimum Gasteiger partial charge on any atom is -0.384 e. The number of aromatic nitrogens is 2. The first kappa shape index (κ1) is 8.77. The van der Waals surface area contributed by atoms with Gasteiger partial charge in [0.05, 0.1) is 11.0 Å². The fourth-order valence-electron chi connectivity index (χ4n) is 2.35. The molecule has 1 aliphatic rings. The van der Waals surface area contributed by atoms with Crippen LogP contribution in [0.4, 0.5) is 5.69 Å². The van der Waals surface area contributed by atoms with Crippen molar-refractivity contribution in [3.63, 3.8) is 0 Å². The first-order chi connectivity index (χ1) is 7.29. The van der Waals surface area contributed by atoms with Crippen LogP contribution < -0.4 is 5.32 Å². The molecule has 0 spiro atoms. The van der Waals surface area contributed by atoms with Crippen LogP contribution in [0, 0.1) is 0 Å². The third kappa shape index (κ3) is 1.16. The maximum Gasteiger partial charge on any atom is 0.109 e. The predicted molar refractivity (Wildman–Crippen MR) is 62.3 cm³/mol. The molecule has 2 aromatic rings. The van der Waals surface area contributed by atoms with Crippen molar-refractivity contribution in [3.05, 3.63) is 23.5 Å². The van der Waals surface area contributed by atoms with Crippen LogP contribution in [0.2, 0.25) is 0 Å². The molecule has 0 saturated heterocycles. The molecule has 1 aromatic carbocycles. The highest BCUT2D eigenvalue weighted by atomic mass is 15.1. The Kier molecular flexibility index (Phi) is 1.75. The van der Waals surface area contributed by atoms with Gasteiger partial charge in [-0.05, 0) is 24.1 Å². The summed E-state index contributed by atoms with van der Waals surface area (Å²) < 4.78 is 2.20. The number of nitrogens with zero attached hydrogens (tertiary/aromatic N) is 2. The second-order valence-electron chi connectivity index (χ2n) is 4.12. The first-order valence-corrected chi connectivity index (χ1v) is 5.51. The Hall–Kier alpha value is -1.51. The second kappa shape index (κ2) is 2.99. The zero-order chi connectivity index (χ0) is 10.4. The molecule has 0 aliphatic carbocycles. The number of nitrogens with one attached hydrogen (secondary N) is 1. The number of anilines is 1. The third-order valence-electron chi connectivity index (χ3n) is 3.22. The van der Waals surface area contributed by atoms with Gasteiger partial charge < -0.3 is 9.88 Å². The molecule has 1 aliphatic heterocycles. The number of rotatable bonds is 1. The Balaban J connectivity index is 2.31. The van der Waals surface area contributed by atoms with E-state index < -0.39 is 0 Å². The standard InChI is InChI=1S/C12H15N3/c1-3-12-14-10-7-9-8(4-5-13-9)6-11(10)15(12)2/h6-7,13H,3-5H2,1-2H3. The zero-order valence-electron chi connectivity index (χ0n) is 9.17.